The zero-order valence-corrected chi connectivity index (χ0v) is 14.1. The minimum atomic E-state index is -0.887. The summed E-state index contributed by atoms with van der Waals surface area (Å²) in [6.07, 6.45) is 0. The molecular weight excluding hydrogens is 385 g/mol. The first-order valence-corrected chi connectivity index (χ1v) is 7.49. The van der Waals surface area contributed by atoms with E-state index < -0.39 is 24.3 Å². The van der Waals surface area contributed by atoms with Crippen molar-refractivity contribution in [2.45, 2.75) is 0 Å². The third kappa shape index (κ3) is 4.45. The summed E-state index contributed by atoms with van der Waals surface area (Å²) in [4.78, 5) is 23.6. The Balaban J connectivity index is 1.95. The fourth-order valence-electron chi connectivity index (χ4n) is 1.80. The molecule has 0 saturated heterocycles. The number of carbonyl (C=O) groups excluding carboxylic acids is 2. The maximum absolute atomic E-state index is 13.6. The van der Waals surface area contributed by atoms with Crippen molar-refractivity contribution in [2.24, 2.45) is 0 Å². The van der Waals surface area contributed by atoms with Crippen molar-refractivity contribution in [3.05, 3.63) is 52.3 Å². The molecule has 6 nitrogen and oxygen atoms in total. The van der Waals surface area contributed by atoms with Gasteiger partial charge in [0.05, 0.1) is 12.8 Å². The second-order valence-electron chi connectivity index (χ2n) is 4.63. The van der Waals surface area contributed by atoms with Crippen molar-refractivity contribution in [1.82, 2.24) is 0 Å². The molecule has 2 rings (SSSR count). The molecule has 0 aliphatic carbocycles. The number of carbonyl (C=O) groups is 2. The Morgan fingerprint density at radius 3 is 2.62 bits per heavy atom. The molecule has 0 unspecified atom stereocenters. The average molecular weight is 398 g/mol. The lowest BCUT2D eigenvalue weighted by atomic mass is 10.2. The third-order valence-electron chi connectivity index (χ3n) is 2.96. The van der Waals surface area contributed by atoms with Crippen molar-refractivity contribution < 1.29 is 28.6 Å². The molecule has 0 saturated carbocycles. The number of esters is 1. The average Bonchev–Trinajstić information content (AvgIpc) is 2.55. The molecule has 2 aromatic carbocycles. The molecule has 2 aromatic rings. The fourth-order valence-corrected chi connectivity index (χ4v) is 2.13. The summed E-state index contributed by atoms with van der Waals surface area (Å²) in [6, 6.07) is 8.13. The number of phenols is 1. The monoisotopic (exact) mass is 397 g/mol. The van der Waals surface area contributed by atoms with Gasteiger partial charge in [-0.3, -0.25) is 4.79 Å². The van der Waals surface area contributed by atoms with Gasteiger partial charge in [-0.1, -0.05) is 15.9 Å². The van der Waals surface area contributed by atoms with Crippen LogP contribution in [0.5, 0.6) is 11.5 Å². The van der Waals surface area contributed by atoms with Crippen LogP contribution in [-0.2, 0) is 9.53 Å². The van der Waals surface area contributed by atoms with E-state index in [-0.39, 0.29) is 17.0 Å². The topological polar surface area (TPSA) is 84.9 Å². The first-order valence-electron chi connectivity index (χ1n) is 6.69. The molecule has 0 fully saturated rings. The minimum Gasteiger partial charge on any atom is -0.507 e. The van der Waals surface area contributed by atoms with E-state index in [0.29, 0.717) is 10.2 Å². The van der Waals surface area contributed by atoms with Crippen molar-refractivity contribution in [1.29, 1.82) is 0 Å². The Morgan fingerprint density at radius 1 is 1.25 bits per heavy atom. The lowest BCUT2D eigenvalue weighted by molar-refractivity contribution is -0.119. The summed E-state index contributed by atoms with van der Waals surface area (Å²) < 4.78 is 23.8. The number of rotatable bonds is 5. The van der Waals surface area contributed by atoms with E-state index in [1.807, 2.05) is 0 Å². The van der Waals surface area contributed by atoms with E-state index in [2.05, 4.69) is 21.2 Å². The van der Waals surface area contributed by atoms with Gasteiger partial charge in [0, 0.05) is 10.5 Å². The molecule has 0 radical (unpaired) electrons. The molecule has 8 heteroatoms. The number of phenolic OH excluding ortho intramolecular Hbond substituents is 1. The highest BCUT2D eigenvalue weighted by molar-refractivity contribution is 9.10. The van der Waals surface area contributed by atoms with E-state index in [0.717, 1.165) is 0 Å². The second-order valence-corrected chi connectivity index (χ2v) is 5.55. The molecule has 2 N–H and O–H groups in total. The minimum absolute atomic E-state index is 0.0356. The Bertz CT molecular complexity index is 781. The number of halogens is 2. The van der Waals surface area contributed by atoms with Gasteiger partial charge in [0.1, 0.15) is 22.9 Å². The zero-order valence-electron chi connectivity index (χ0n) is 12.5. The first kappa shape index (κ1) is 17.7. The Hall–Kier alpha value is -2.61. The maximum Gasteiger partial charge on any atom is 0.342 e. The molecule has 0 atom stereocenters. The van der Waals surface area contributed by atoms with Gasteiger partial charge in [-0.25, -0.2) is 9.18 Å². The molecule has 0 aromatic heterocycles. The number of benzene rings is 2. The molecule has 0 heterocycles. The summed E-state index contributed by atoms with van der Waals surface area (Å²) in [5, 5.41) is 12.0. The number of amides is 1. The van der Waals surface area contributed by atoms with E-state index in [4.69, 9.17) is 9.47 Å². The number of hydrogen-bond donors (Lipinski definition) is 2. The van der Waals surface area contributed by atoms with Gasteiger partial charge >= 0.3 is 5.97 Å². The van der Waals surface area contributed by atoms with E-state index in [1.165, 1.54) is 37.4 Å². The van der Waals surface area contributed by atoms with Crippen molar-refractivity contribution >= 4 is 33.5 Å². The van der Waals surface area contributed by atoms with Crippen LogP contribution in [0.15, 0.2) is 40.9 Å². The summed E-state index contributed by atoms with van der Waals surface area (Å²) in [5.41, 5.74) is -0.148. The van der Waals surface area contributed by atoms with Crippen molar-refractivity contribution in [3.8, 4) is 11.5 Å². The Morgan fingerprint density at radius 2 is 2.00 bits per heavy atom. The van der Waals surface area contributed by atoms with Crippen LogP contribution in [0, 0.1) is 5.82 Å². The quantitative estimate of drug-likeness (QED) is 0.757. The molecule has 0 aliphatic rings. The molecule has 126 valence electrons. The lowest BCUT2D eigenvalue weighted by Crippen LogP contribution is -2.21. The summed E-state index contributed by atoms with van der Waals surface area (Å²) in [7, 11) is 1.42. The highest BCUT2D eigenvalue weighted by Gasteiger charge is 2.16. The van der Waals surface area contributed by atoms with Crippen LogP contribution in [0.25, 0.3) is 0 Å². The Labute approximate surface area is 145 Å². The van der Waals surface area contributed by atoms with Gasteiger partial charge in [0.15, 0.2) is 6.61 Å². The van der Waals surface area contributed by atoms with Crippen molar-refractivity contribution in [3.63, 3.8) is 0 Å². The molecular formula is C16H13BrFNO5. The van der Waals surface area contributed by atoms with Crippen LogP contribution in [0.1, 0.15) is 10.4 Å². The van der Waals surface area contributed by atoms with Crippen molar-refractivity contribution in [2.75, 3.05) is 19.0 Å². The number of anilines is 1. The SMILES string of the molecule is COc1ccc(C(=O)OCC(=O)Nc2ccc(Br)cc2F)c(O)c1. The van der Waals surface area contributed by atoms with Crippen LogP contribution in [0.2, 0.25) is 0 Å². The van der Waals surface area contributed by atoms with Crippen LogP contribution in [0.4, 0.5) is 10.1 Å². The highest BCUT2D eigenvalue weighted by atomic mass is 79.9. The molecule has 0 aliphatic heterocycles. The number of ether oxygens (including phenoxy) is 2. The van der Waals surface area contributed by atoms with Gasteiger partial charge < -0.3 is 19.9 Å². The Kier molecular flexibility index (Phi) is 5.75. The zero-order chi connectivity index (χ0) is 17.7. The van der Waals surface area contributed by atoms with Gasteiger partial charge in [-0.15, -0.1) is 0 Å². The largest absolute Gasteiger partial charge is 0.507 e. The highest BCUT2D eigenvalue weighted by Crippen LogP contribution is 2.24. The van der Waals surface area contributed by atoms with Crippen LogP contribution in [0.3, 0.4) is 0 Å². The number of nitrogens with one attached hydrogen (secondary N) is 1. The molecule has 1 amide bonds. The van der Waals surface area contributed by atoms with E-state index >= 15 is 0 Å². The standard InChI is InChI=1S/C16H13BrFNO5/c1-23-10-3-4-11(14(20)7-10)16(22)24-8-15(21)19-13-5-2-9(17)6-12(13)18/h2-7,20H,8H2,1H3,(H,19,21). The number of hydrogen-bond acceptors (Lipinski definition) is 5. The van der Waals surface area contributed by atoms with Crippen LogP contribution >= 0.6 is 15.9 Å². The maximum atomic E-state index is 13.6. The summed E-state index contributed by atoms with van der Waals surface area (Å²) >= 11 is 3.10. The third-order valence-corrected chi connectivity index (χ3v) is 3.46. The number of methoxy groups -OCH3 is 1. The van der Waals surface area contributed by atoms with Crippen LogP contribution < -0.4 is 10.1 Å². The van der Waals surface area contributed by atoms with Gasteiger partial charge in [0.2, 0.25) is 0 Å². The first-order chi connectivity index (χ1) is 11.4. The number of aromatic hydroxyl groups is 1. The van der Waals surface area contributed by atoms with Gasteiger partial charge in [-0.2, -0.15) is 0 Å². The normalized spacial score (nSPS) is 10.1. The summed E-state index contributed by atoms with van der Waals surface area (Å²) in [6.45, 7) is -0.625. The predicted molar refractivity (Wildman–Crippen MR) is 87.7 cm³/mol. The van der Waals surface area contributed by atoms with Gasteiger partial charge in [-0.05, 0) is 30.3 Å². The molecule has 24 heavy (non-hydrogen) atoms. The van der Waals surface area contributed by atoms with E-state index in [1.54, 1.807) is 6.07 Å². The second kappa shape index (κ2) is 7.78. The smallest absolute Gasteiger partial charge is 0.342 e. The van der Waals surface area contributed by atoms with Gasteiger partial charge in [0.25, 0.3) is 5.91 Å². The van der Waals surface area contributed by atoms with Crippen LogP contribution in [-0.4, -0.2) is 30.7 Å². The van der Waals surface area contributed by atoms with E-state index in [9.17, 15) is 19.1 Å². The predicted octanol–water partition coefficient (Wildman–Crippen LogP) is 3.10. The fraction of sp³-hybridized carbons (Fsp3) is 0.125. The summed E-state index contributed by atoms with van der Waals surface area (Å²) in [5.74, 6) is -2.19. The molecule has 0 bridgehead atoms. The molecule has 0 spiro atoms. The lowest BCUT2D eigenvalue weighted by Gasteiger charge is -2.09.